The van der Waals surface area contributed by atoms with E-state index < -0.39 is 0 Å². The van der Waals surface area contributed by atoms with Crippen LogP contribution in [0.3, 0.4) is 0 Å². The smallest absolute Gasteiger partial charge is 0.247 e. The van der Waals surface area contributed by atoms with E-state index >= 15 is 0 Å². The van der Waals surface area contributed by atoms with Gasteiger partial charge in [0.15, 0.2) is 0 Å². The molecular weight excluding hydrogens is 254 g/mol. The number of aryl methyl sites for hydroxylation is 1. The second-order valence-electron chi connectivity index (χ2n) is 5.04. The fourth-order valence-corrected chi connectivity index (χ4v) is 1.99. The third-order valence-corrected chi connectivity index (χ3v) is 3.30. The van der Waals surface area contributed by atoms with Crippen LogP contribution in [0.4, 0.5) is 0 Å². The molecule has 0 radical (unpaired) electrons. The monoisotopic (exact) mass is 271 g/mol. The van der Waals surface area contributed by atoms with E-state index in [1.165, 1.54) is 0 Å². The number of nitrogens with zero attached hydrogens (tertiary/aromatic N) is 2. The maximum atomic E-state index is 11.4. The molecule has 1 aliphatic carbocycles. The Bertz CT molecular complexity index is 576. The zero-order valence-electron chi connectivity index (χ0n) is 11.2. The van der Waals surface area contributed by atoms with Gasteiger partial charge in [-0.2, -0.15) is 0 Å². The largest absolute Gasteiger partial charge is 0.421 e. The van der Waals surface area contributed by atoms with Crippen molar-refractivity contribution in [2.75, 3.05) is 6.54 Å². The number of amides is 1. The van der Waals surface area contributed by atoms with Crippen LogP contribution in [0.5, 0.6) is 0 Å². The molecule has 1 amide bonds. The number of carbonyl (C=O) groups excluding carboxylic acids is 1. The quantitative estimate of drug-likeness (QED) is 0.818. The summed E-state index contributed by atoms with van der Waals surface area (Å²) in [7, 11) is 0. The van der Waals surface area contributed by atoms with Gasteiger partial charge in [-0.05, 0) is 31.4 Å². The van der Waals surface area contributed by atoms with Crippen LogP contribution >= 0.6 is 0 Å². The van der Waals surface area contributed by atoms with Crippen molar-refractivity contribution < 1.29 is 9.21 Å². The number of nitrogens with one attached hydrogen (secondary N) is 1. The standard InChI is InChI=1S/C15H17N3O2/c19-14(11-8-9-11)16-10-4-7-13-17-18-15(20-13)12-5-2-1-3-6-12/h1-3,5-6,11H,4,7-10H2,(H,16,19). The zero-order chi connectivity index (χ0) is 13.8. The van der Waals surface area contributed by atoms with E-state index in [0.717, 1.165) is 24.8 Å². The summed E-state index contributed by atoms with van der Waals surface area (Å²) in [6.07, 6.45) is 3.57. The highest BCUT2D eigenvalue weighted by molar-refractivity contribution is 5.80. The summed E-state index contributed by atoms with van der Waals surface area (Å²) in [4.78, 5) is 11.4. The first-order valence-corrected chi connectivity index (χ1v) is 6.98. The molecule has 1 aromatic heterocycles. The van der Waals surface area contributed by atoms with Gasteiger partial charge in [0.2, 0.25) is 17.7 Å². The van der Waals surface area contributed by atoms with Crippen LogP contribution < -0.4 is 5.32 Å². The third-order valence-electron chi connectivity index (χ3n) is 3.30. The number of hydrogen-bond donors (Lipinski definition) is 1. The molecule has 1 N–H and O–H groups in total. The van der Waals surface area contributed by atoms with Crippen LogP contribution in [0.25, 0.3) is 11.5 Å². The molecule has 1 fully saturated rings. The van der Waals surface area contributed by atoms with Gasteiger partial charge in [0.1, 0.15) is 0 Å². The van der Waals surface area contributed by atoms with Crippen molar-refractivity contribution in [3.05, 3.63) is 36.2 Å². The lowest BCUT2D eigenvalue weighted by atomic mass is 10.2. The van der Waals surface area contributed by atoms with Crippen molar-refractivity contribution in [1.29, 1.82) is 0 Å². The normalized spacial score (nSPS) is 14.2. The number of benzene rings is 1. The Labute approximate surface area is 117 Å². The number of rotatable bonds is 6. The van der Waals surface area contributed by atoms with Crippen LogP contribution in [0.15, 0.2) is 34.7 Å². The highest BCUT2D eigenvalue weighted by Crippen LogP contribution is 2.28. The molecule has 0 spiro atoms. The summed E-state index contributed by atoms with van der Waals surface area (Å²) in [6.45, 7) is 0.665. The lowest BCUT2D eigenvalue weighted by Gasteiger charge is -2.01. The molecule has 2 aromatic rings. The zero-order valence-corrected chi connectivity index (χ0v) is 11.2. The molecule has 1 aliphatic rings. The van der Waals surface area contributed by atoms with Gasteiger partial charge >= 0.3 is 0 Å². The molecule has 1 heterocycles. The molecule has 5 heteroatoms. The van der Waals surface area contributed by atoms with Crippen molar-refractivity contribution >= 4 is 5.91 Å². The van der Waals surface area contributed by atoms with Crippen molar-refractivity contribution in [2.45, 2.75) is 25.7 Å². The van der Waals surface area contributed by atoms with Crippen LogP contribution in [0.1, 0.15) is 25.2 Å². The molecule has 0 saturated heterocycles. The Morgan fingerprint density at radius 2 is 2.05 bits per heavy atom. The molecule has 104 valence electrons. The van der Waals surface area contributed by atoms with Gasteiger partial charge in [-0.3, -0.25) is 4.79 Å². The fourth-order valence-electron chi connectivity index (χ4n) is 1.99. The number of hydrogen-bond acceptors (Lipinski definition) is 4. The van der Waals surface area contributed by atoms with E-state index in [-0.39, 0.29) is 11.8 Å². The minimum absolute atomic E-state index is 0.181. The Kier molecular flexibility index (Phi) is 3.76. The average Bonchev–Trinajstić information content (AvgIpc) is 3.23. The van der Waals surface area contributed by atoms with E-state index in [0.29, 0.717) is 24.7 Å². The molecule has 0 aliphatic heterocycles. The Balaban J connectivity index is 1.46. The van der Waals surface area contributed by atoms with E-state index in [4.69, 9.17) is 4.42 Å². The molecule has 0 bridgehead atoms. The minimum atomic E-state index is 0.181. The van der Waals surface area contributed by atoms with E-state index in [9.17, 15) is 4.79 Å². The first-order valence-electron chi connectivity index (χ1n) is 6.98. The topological polar surface area (TPSA) is 68.0 Å². The summed E-state index contributed by atoms with van der Waals surface area (Å²) in [6, 6.07) is 9.70. The predicted molar refractivity (Wildman–Crippen MR) is 73.8 cm³/mol. The molecule has 3 rings (SSSR count). The highest BCUT2D eigenvalue weighted by atomic mass is 16.4. The average molecular weight is 271 g/mol. The van der Waals surface area contributed by atoms with Crippen LogP contribution in [0.2, 0.25) is 0 Å². The number of carbonyl (C=O) groups is 1. The Morgan fingerprint density at radius 1 is 1.25 bits per heavy atom. The fraction of sp³-hybridized carbons (Fsp3) is 0.400. The molecule has 5 nitrogen and oxygen atoms in total. The van der Waals surface area contributed by atoms with Gasteiger partial charge in [0, 0.05) is 24.4 Å². The Hall–Kier alpha value is -2.17. The minimum Gasteiger partial charge on any atom is -0.421 e. The molecule has 1 saturated carbocycles. The van der Waals surface area contributed by atoms with Gasteiger partial charge in [-0.15, -0.1) is 10.2 Å². The first-order chi connectivity index (χ1) is 9.83. The second kappa shape index (κ2) is 5.86. The predicted octanol–water partition coefficient (Wildman–Crippen LogP) is 2.20. The van der Waals surface area contributed by atoms with E-state index in [2.05, 4.69) is 15.5 Å². The van der Waals surface area contributed by atoms with Gasteiger partial charge in [0.05, 0.1) is 0 Å². The molecule has 20 heavy (non-hydrogen) atoms. The van der Waals surface area contributed by atoms with Crippen molar-refractivity contribution in [2.24, 2.45) is 5.92 Å². The molecule has 0 atom stereocenters. The Morgan fingerprint density at radius 3 is 2.80 bits per heavy atom. The maximum Gasteiger partial charge on any atom is 0.247 e. The van der Waals surface area contributed by atoms with E-state index in [1.54, 1.807) is 0 Å². The van der Waals surface area contributed by atoms with Crippen molar-refractivity contribution in [1.82, 2.24) is 15.5 Å². The highest BCUT2D eigenvalue weighted by Gasteiger charge is 2.28. The summed E-state index contributed by atoms with van der Waals surface area (Å²) < 4.78 is 5.60. The molecule has 0 unspecified atom stereocenters. The van der Waals surface area contributed by atoms with E-state index in [1.807, 2.05) is 30.3 Å². The molecular formula is C15H17N3O2. The maximum absolute atomic E-state index is 11.4. The molecule has 1 aromatic carbocycles. The van der Waals surface area contributed by atoms with Crippen LogP contribution in [-0.2, 0) is 11.2 Å². The second-order valence-corrected chi connectivity index (χ2v) is 5.04. The van der Waals surface area contributed by atoms with Gasteiger partial charge in [-0.25, -0.2) is 0 Å². The van der Waals surface area contributed by atoms with Crippen molar-refractivity contribution in [3.8, 4) is 11.5 Å². The van der Waals surface area contributed by atoms with Gasteiger partial charge in [0.25, 0.3) is 0 Å². The summed E-state index contributed by atoms with van der Waals surface area (Å²) >= 11 is 0. The summed E-state index contributed by atoms with van der Waals surface area (Å²) in [5, 5.41) is 11.0. The van der Waals surface area contributed by atoms with Crippen molar-refractivity contribution in [3.63, 3.8) is 0 Å². The van der Waals surface area contributed by atoms with Gasteiger partial charge in [-0.1, -0.05) is 18.2 Å². The van der Waals surface area contributed by atoms with Gasteiger partial charge < -0.3 is 9.73 Å². The van der Waals surface area contributed by atoms with Crippen LogP contribution in [0, 0.1) is 5.92 Å². The number of aromatic nitrogens is 2. The third kappa shape index (κ3) is 3.23. The van der Waals surface area contributed by atoms with Crippen LogP contribution in [-0.4, -0.2) is 22.6 Å². The first kappa shape index (κ1) is 12.8. The SMILES string of the molecule is O=C(NCCCc1nnc(-c2ccccc2)o1)C1CC1. The summed E-state index contributed by atoms with van der Waals surface area (Å²) in [5.74, 6) is 1.61. The lowest BCUT2D eigenvalue weighted by Crippen LogP contribution is -2.26. The lowest BCUT2D eigenvalue weighted by molar-refractivity contribution is -0.122. The summed E-state index contributed by atoms with van der Waals surface area (Å²) in [5.41, 5.74) is 0.924.